The van der Waals surface area contributed by atoms with Gasteiger partial charge in [0.05, 0.1) is 17.7 Å². The number of amides is 1. The first-order valence-corrected chi connectivity index (χ1v) is 10.8. The van der Waals surface area contributed by atoms with Crippen LogP contribution in [0.3, 0.4) is 0 Å². The number of aryl methyl sites for hydroxylation is 1. The van der Waals surface area contributed by atoms with E-state index in [2.05, 4.69) is 17.0 Å². The summed E-state index contributed by atoms with van der Waals surface area (Å²) in [5, 5.41) is 2.80. The maximum Gasteiger partial charge on any atom is 0.262 e. The lowest BCUT2D eigenvalue weighted by molar-refractivity contribution is -0.117. The highest BCUT2D eigenvalue weighted by atomic mass is 32.2. The third-order valence-corrected chi connectivity index (χ3v) is 5.94. The molecule has 2 rings (SSSR count). The van der Waals surface area contributed by atoms with Crippen molar-refractivity contribution in [1.29, 1.82) is 0 Å². The van der Waals surface area contributed by atoms with E-state index in [4.69, 9.17) is 4.74 Å². The topological polar surface area (TPSA) is 84.5 Å². The molecule has 0 fully saturated rings. The van der Waals surface area contributed by atoms with Crippen LogP contribution >= 0.6 is 0 Å². The molecule has 0 spiro atoms. The summed E-state index contributed by atoms with van der Waals surface area (Å²) < 4.78 is 33.6. The van der Waals surface area contributed by atoms with Gasteiger partial charge < -0.3 is 10.1 Å². The van der Waals surface area contributed by atoms with Crippen molar-refractivity contribution in [3.63, 3.8) is 0 Å². The molecule has 7 heteroatoms. The molecule has 0 heterocycles. The first kappa shape index (κ1) is 21.8. The molecule has 0 saturated carbocycles. The zero-order chi connectivity index (χ0) is 20.7. The third kappa shape index (κ3) is 5.73. The van der Waals surface area contributed by atoms with E-state index in [1.807, 2.05) is 6.92 Å². The van der Waals surface area contributed by atoms with Crippen molar-refractivity contribution < 1.29 is 17.9 Å². The normalized spacial score (nSPS) is 12.3. The number of rotatable bonds is 9. The number of anilines is 2. The van der Waals surface area contributed by atoms with Crippen molar-refractivity contribution in [3.8, 4) is 5.75 Å². The molecule has 1 unspecified atom stereocenters. The lowest BCUT2D eigenvalue weighted by Gasteiger charge is -2.15. The molecule has 2 N–H and O–H groups in total. The molecule has 2 aromatic rings. The zero-order valence-corrected chi connectivity index (χ0v) is 17.6. The number of ether oxygens (including phenoxy) is 1. The molecular formula is C21H28N2O4S. The van der Waals surface area contributed by atoms with Gasteiger partial charge in [-0.1, -0.05) is 44.9 Å². The van der Waals surface area contributed by atoms with Crippen molar-refractivity contribution in [2.24, 2.45) is 5.92 Å². The average Bonchev–Trinajstić information content (AvgIpc) is 2.63. The summed E-state index contributed by atoms with van der Waals surface area (Å²) >= 11 is 0. The fraction of sp³-hybridized carbons (Fsp3) is 0.381. The van der Waals surface area contributed by atoms with Crippen LogP contribution in [0.15, 0.2) is 47.4 Å². The quantitative estimate of drug-likeness (QED) is 0.641. The molecule has 0 aliphatic heterocycles. The van der Waals surface area contributed by atoms with E-state index in [0.29, 0.717) is 29.1 Å². The predicted octanol–water partition coefficient (Wildman–Crippen LogP) is 4.57. The minimum atomic E-state index is -3.85. The molecule has 152 valence electrons. The highest BCUT2D eigenvalue weighted by Gasteiger charge is 2.20. The Morgan fingerprint density at radius 1 is 1.18 bits per heavy atom. The van der Waals surface area contributed by atoms with Gasteiger partial charge in [-0.05, 0) is 42.7 Å². The standard InChI is InChI=1S/C21H28N2O4S/c1-5-8-15(2)13-21(24)22-17-12-11-16(3)20(14-17)28(25,26)23-18-9-6-7-10-19(18)27-4/h6-7,9-12,14-15,23H,5,8,13H2,1-4H3,(H,22,24). The molecule has 2 aromatic carbocycles. The fourth-order valence-corrected chi connectivity index (χ4v) is 4.36. The Balaban J connectivity index is 2.23. The van der Waals surface area contributed by atoms with Crippen LogP contribution in [-0.4, -0.2) is 21.4 Å². The molecule has 0 radical (unpaired) electrons. The lowest BCUT2D eigenvalue weighted by atomic mass is 10.0. The summed E-state index contributed by atoms with van der Waals surface area (Å²) in [5.41, 5.74) is 1.40. The van der Waals surface area contributed by atoms with Gasteiger partial charge in [0, 0.05) is 12.1 Å². The van der Waals surface area contributed by atoms with Crippen molar-refractivity contribution in [3.05, 3.63) is 48.0 Å². The molecule has 28 heavy (non-hydrogen) atoms. The molecule has 0 aliphatic rings. The van der Waals surface area contributed by atoms with Crippen LogP contribution in [0.25, 0.3) is 0 Å². The van der Waals surface area contributed by atoms with Gasteiger partial charge in [-0.3, -0.25) is 9.52 Å². The summed E-state index contributed by atoms with van der Waals surface area (Å²) in [6.07, 6.45) is 2.41. The Labute approximate surface area is 167 Å². The summed E-state index contributed by atoms with van der Waals surface area (Å²) in [5.74, 6) is 0.592. The molecule has 6 nitrogen and oxygen atoms in total. The Morgan fingerprint density at radius 2 is 1.89 bits per heavy atom. The van der Waals surface area contributed by atoms with Crippen LogP contribution in [-0.2, 0) is 14.8 Å². The van der Waals surface area contributed by atoms with Crippen LogP contribution in [0.5, 0.6) is 5.75 Å². The fourth-order valence-electron chi connectivity index (χ4n) is 3.02. The smallest absolute Gasteiger partial charge is 0.262 e. The first-order chi connectivity index (χ1) is 13.3. The van der Waals surface area contributed by atoms with Crippen molar-refractivity contribution in [2.75, 3.05) is 17.1 Å². The number of carbonyl (C=O) groups is 1. The van der Waals surface area contributed by atoms with E-state index in [1.54, 1.807) is 43.3 Å². The Bertz CT molecular complexity index is 926. The van der Waals surface area contributed by atoms with Gasteiger partial charge in [0.1, 0.15) is 5.75 Å². The molecule has 0 aromatic heterocycles. The second kappa shape index (κ2) is 9.59. The second-order valence-electron chi connectivity index (χ2n) is 6.93. The molecule has 0 saturated heterocycles. The van der Waals surface area contributed by atoms with Crippen LogP contribution in [0.1, 0.15) is 38.7 Å². The predicted molar refractivity (Wildman–Crippen MR) is 112 cm³/mol. The van der Waals surface area contributed by atoms with Gasteiger partial charge in [0.2, 0.25) is 5.91 Å². The number of hydrogen-bond acceptors (Lipinski definition) is 4. The summed E-state index contributed by atoms with van der Waals surface area (Å²) in [6, 6.07) is 11.7. The first-order valence-electron chi connectivity index (χ1n) is 9.33. The SMILES string of the molecule is CCCC(C)CC(=O)Nc1ccc(C)c(S(=O)(=O)Nc2ccccc2OC)c1. The van der Waals surface area contributed by atoms with Crippen LogP contribution in [0.4, 0.5) is 11.4 Å². The number of nitrogens with one attached hydrogen (secondary N) is 2. The lowest BCUT2D eigenvalue weighted by Crippen LogP contribution is -2.17. The monoisotopic (exact) mass is 404 g/mol. The molecular weight excluding hydrogens is 376 g/mol. The minimum absolute atomic E-state index is 0.109. The number of hydrogen-bond donors (Lipinski definition) is 2. The highest BCUT2D eigenvalue weighted by molar-refractivity contribution is 7.92. The Hall–Kier alpha value is -2.54. The average molecular weight is 405 g/mol. The largest absolute Gasteiger partial charge is 0.495 e. The molecule has 0 aliphatic carbocycles. The van der Waals surface area contributed by atoms with E-state index in [-0.39, 0.29) is 16.7 Å². The van der Waals surface area contributed by atoms with E-state index >= 15 is 0 Å². The van der Waals surface area contributed by atoms with Gasteiger partial charge in [-0.15, -0.1) is 0 Å². The third-order valence-electron chi connectivity index (χ3n) is 4.43. The van der Waals surface area contributed by atoms with E-state index < -0.39 is 10.0 Å². The summed E-state index contributed by atoms with van der Waals surface area (Å²) in [4.78, 5) is 12.3. The second-order valence-corrected chi connectivity index (χ2v) is 8.58. The highest BCUT2D eigenvalue weighted by Crippen LogP contribution is 2.28. The molecule has 1 atom stereocenters. The number of carbonyl (C=O) groups excluding carboxylic acids is 1. The van der Waals surface area contributed by atoms with Crippen molar-refractivity contribution in [2.45, 2.75) is 44.9 Å². The number of benzene rings is 2. The maximum atomic E-state index is 12.9. The molecule has 0 bridgehead atoms. The van der Waals surface area contributed by atoms with E-state index in [1.165, 1.54) is 13.2 Å². The van der Waals surface area contributed by atoms with Crippen LogP contribution in [0.2, 0.25) is 0 Å². The van der Waals surface area contributed by atoms with E-state index in [9.17, 15) is 13.2 Å². The molecule has 1 amide bonds. The van der Waals surface area contributed by atoms with Crippen LogP contribution in [0, 0.1) is 12.8 Å². The minimum Gasteiger partial charge on any atom is -0.495 e. The van der Waals surface area contributed by atoms with Gasteiger partial charge in [0.15, 0.2) is 0 Å². The Morgan fingerprint density at radius 3 is 2.57 bits per heavy atom. The number of para-hydroxylation sites is 2. The van der Waals surface area contributed by atoms with Crippen LogP contribution < -0.4 is 14.8 Å². The van der Waals surface area contributed by atoms with Gasteiger partial charge in [-0.25, -0.2) is 8.42 Å². The number of sulfonamides is 1. The van der Waals surface area contributed by atoms with E-state index in [0.717, 1.165) is 12.8 Å². The van der Waals surface area contributed by atoms with Crippen molar-refractivity contribution in [1.82, 2.24) is 0 Å². The Kier molecular flexibility index (Phi) is 7.45. The summed E-state index contributed by atoms with van der Waals surface area (Å²) in [6.45, 7) is 5.83. The summed E-state index contributed by atoms with van der Waals surface area (Å²) in [7, 11) is -2.37. The van der Waals surface area contributed by atoms with Gasteiger partial charge in [-0.2, -0.15) is 0 Å². The maximum absolute atomic E-state index is 12.9. The zero-order valence-electron chi connectivity index (χ0n) is 16.8. The van der Waals surface area contributed by atoms with Gasteiger partial charge in [0.25, 0.3) is 10.0 Å². The number of methoxy groups -OCH3 is 1. The van der Waals surface area contributed by atoms with Gasteiger partial charge >= 0.3 is 0 Å². The van der Waals surface area contributed by atoms with Crippen molar-refractivity contribution >= 4 is 27.3 Å².